The highest BCUT2D eigenvalue weighted by Gasteiger charge is 2.13. The number of thiocarbonyl (C=S) groups is 4. The molecule has 0 aliphatic heterocycles. The van der Waals surface area contributed by atoms with Crippen LogP contribution in [0.5, 0.6) is 11.5 Å². The molecule has 87 heavy (non-hydrogen) atoms. The normalized spacial score (nSPS) is 12.0. The highest BCUT2D eigenvalue weighted by Crippen LogP contribution is 2.29. The minimum absolute atomic E-state index is 0.0524. The second-order valence-corrected chi connectivity index (χ2v) is 24.2. The minimum Gasteiger partial charge on any atom is -0.457 e. The summed E-state index contributed by atoms with van der Waals surface area (Å²) in [6.45, 7) is 2.31. The van der Waals surface area contributed by atoms with Crippen LogP contribution in [0.4, 0.5) is 0 Å². The molecule has 23 heteroatoms. The van der Waals surface area contributed by atoms with Crippen molar-refractivity contribution in [3.05, 3.63) is 240 Å². The van der Waals surface area contributed by atoms with E-state index in [1.165, 1.54) is 4.68 Å². The number of aliphatic hydroxyl groups excluding tert-OH is 1. The van der Waals surface area contributed by atoms with Gasteiger partial charge in [0.2, 0.25) is 5.16 Å². The van der Waals surface area contributed by atoms with E-state index in [1.807, 2.05) is 182 Å². The van der Waals surface area contributed by atoms with Crippen molar-refractivity contribution < 1.29 is 26.7 Å². The molecular weight excluding hydrogens is 1270 g/mol. The van der Waals surface area contributed by atoms with Crippen LogP contribution < -0.4 is 4.74 Å². The first kappa shape index (κ1) is 70.2. The maximum atomic E-state index is 12.1. The van der Waals surface area contributed by atoms with Crippen molar-refractivity contribution >= 4 is 124 Å². The average Bonchev–Trinajstić information content (AvgIpc) is 3.86. The van der Waals surface area contributed by atoms with Crippen molar-refractivity contribution in [1.29, 1.82) is 0 Å². The first-order valence-electron chi connectivity index (χ1n) is 26.4. The minimum atomic E-state index is -1.41. The van der Waals surface area contributed by atoms with Crippen LogP contribution in [0.15, 0.2) is 284 Å². The van der Waals surface area contributed by atoms with Gasteiger partial charge in [-0.2, -0.15) is 4.68 Å². The Bertz CT molecular complexity index is 3770. The van der Waals surface area contributed by atoms with E-state index < -0.39 is 43.2 Å². The van der Waals surface area contributed by atoms with E-state index in [2.05, 4.69) is 117 Å². The van der Waals surface area contributed by atoms with Crippen LogP contribution in [0.3, 0.4) is 0 Å². The molecule has 8 aromatic rings. The number of hydrogen-bond acceptors (Lipinski definition) is 18. The maximum Gasteiger partial charge on any atom is 0.248 e. The Morgan fingerprint density at radius 2 is 0.828 bits per heavy atom. The summed E-state index contributed by atoms with van der Waals surface area (Å²) < 4.78 is 55.6. The molecule has 0 aliphatic carbocycles. The molecule has 0 amide bonds. The van der Waals surface area contributed by atoms with Crippen molar-refractivity contribution in [2.75, 3.05) is 26.2 Å². The molecule has 1 aromatic heterocycles. The summed E-state index contributed by atoms with van der Waals surface area (Å²) in [5, 5.41) is 36.3. The molecule has 0 saturated carbocycles. The second kappa shape index (κ2) is 43.2. The number of tetrazole rings is 1. The predicted octanol–water partition coefficient (Wildman–Crippen LogP) is 15.3. The number of aliphatic imine (C=N–C) groups is 4. The lowest BCUT2D eigenvalue weighted by Crippen LogP contribution is -2.03. The molecule has 8 rings (SSSR count). The van der Waals surface area contributed by atoms with Crippen molar-refractivity contribution in [2.45, 2.75) is 61.9 Å². The lowest BCUT2D eigenvalue weighted by atomic mass is 10.1. The Balaban J connectivity index is 0.000000212. The van der Waals surface area contributed by atoms with Gasteiger partial charge in [-0.3, -0.25) is 0 Å². The number of para-hydroxylation sites is 2. The molecule has 1 N–H and O–H groups in total. The van der Waals surface area contributed by atoms with E-state index in [-0.39, 0.29) is 11.8 Å². The molecule has 4 atom stereocenters. The molecule has 14 nitrogen and oxygen atoms in total. The quantitative estimate of drug-likeness (QED) is 0.0290. The molecule has 0 aliphatic rings. The van der Waals surface area contributed by atoms with Crippen molar-refractivity contribution in [3.63, 3.8) is 0 Å². The Labute approximate surface area is 542 Å². The van der Waals surface area contributed by atoms with Gasteiger partial charge in [-0.15, -0.1) is 0 Å². The van der Waals surface area contributed by atoms with Crippen LogP contribution in [0.1, 0.15) is 31.2 Å². The van der Waals surface area contributed by atoms with Crippen LogP contribution in [0.2, 0.25) is 0 Å². The van der Waals surface area contributed by atoms with Crippen LogP contribution in [0, 0.1) is 0 Å². The third-order valence-electron chi connectivity index (χ3n) is 11.0. The number of rotatable bonds is 27. The van der Waals surface area contributed by atoms with Gasteiger partial charge >= 0.3 is 0 Å². The summed E-state index contributed by atoms with van der Waals surface area (Å²) >= 11 is 19.5. The molecule has 1 heterocycles. The fraction of sp³-hybridized carbons (Fsp3) is 0.141. The predicted molar refractivity (Wildman–Crippen MR) is 367 cm³/mol. The van der Waals surface area contributed by atoms with Crippen molar-refractivity contribution in [2.24, 2.45) is 20.0 Å². The molecule has 444 valence electrons. The molecular formula is C64H58N8O6S9. The van der Waals surface area contributed by atoms with Gasteiger partial charge in [0, 0.05) is 46.1 Å². The van der Waals surface area contributed by atoms with Crippen molar-refractivity contribution in [1.82, 2.24) is 20.2 Å². The fourth-order valence-corrected chi connectivity index (χ4v) is 11.5. The van der Waals surface area contributed by atoms with E-state index >= 15 is 0 Å². The first-order valence-corrected chi connectivity index (χ1v) is 33.7. The Hall–Kier alpha value is -7.52. The molecule has 4 unspecified atom stereocenters. The van der Waals surface area contributed by atoms with Crippen LogP contribution in [-0.2, 0) is 49.8 Å². The van der Waals surface area contributed by atoms with Crippen molar-refractivity contribution in [3.8, 4) is 28.3 Å². The van der Waals surface area contributed by atoms with Gasteiger partial charge in [0.25, 0.3) is 0 Å². The Kier molecular flexibility index (Phi) is 34.8. The molecule has 0 saturated heterocycles. The number of benzene rings is 7. The lowest BCUT2D eigenvalue weighted by molar-refractivity contribution is 0.282. The standard InChI is InChI=1S/C18H17NO2S3.C17H15NO2S2.C17H15NOS2.C12H11N5OS2/c20-13-15-3-5-16(6-4-15)23-17-7-9-18(10-8-17)24(21)12-2-1-11-19-14-22;19-22(13-5-4-12-18-14-21)17-10-8-16(9-11-17)20-15-6-2-1-3-7-15;19-21(13-5-4-12-18-14-20)17-10-8-16(9-11-17)15-6-2-1-3-7-15;18-20(9-5-4-8-13-10-19)12-14-15-16-17(12)11-6-2-1-3-7-11/h2-10,12,20H,1,11,13H2;1-3,5-11,13H,4,12H2;1-3,5-11,13H,4,12H2;1-3,5-7,9H,4,8H2/b12-2+;2*13-5+;9-5+. The summed E-state index contributed by atoms with van der Waals surface area (Å²) in [6.07, 6.45) is 10.1. The number of nitrogens with zero attached hydrogens (tertiary/aromatic N) is 8. The van der Waals surface area contributed by atoms with Crippen LogP contribution in [0.25, 0.3) is 16.8 Å². The monoisotopic (exact) mass is 1320 g/mol. The Morgan fingerprint density at radius 1 is 0.460 bits per heavy atom. The smallest absolute Gasteiger partial charge is 0.248 e. The topological polar surface area (TPSA) is 191 Å². The fourth-order valence-electron chi connectivity index (χ4n) is 6.81. The number of ether oxygens (including phenoxy) is 1. The average molecular weight is 1320 g/mol. The molecule has 0 radical (unpaired) electrons. The van der Waals surface area contributed by atoms with Gasteiger partial charge in [0.15, 0.2) is 0 Å². The van der Waals surface area contributed by atoms with Gasteiger partial charge in [-0.05, 0) is 199 Å². The second-order valence-electron chi connectivity index (χ2n) is 17.1. The van der Waals surface area contributed by atoms with E-state index in [0.29, 0.717) is 51.2 Å². The number of aliphatic hydroxyl groups is 1. The van der Waals surface area contributed by atoms with E-state index in [1.54, 1.807) is 51.6 Å². The molecule has 0 fully saturated rings. The van der Waals surface area contributed by atoms with Gasteiger partial charge in [-0.1, -0.05) is 132 Å². The van der Waals surface area contributed by atoms with Crippen LogP contribution >= 0.6 is 60.6 Å². The largest absolute Gasteiger partial charge is 0.457 e. The third-order valence-corrected chi connectivity index (χ3v) is 17.1. The molecule has 7 aromatic carbocycles. The van der Waals surface area contributed by atoms with Gasteiger partial charge in [0.1, 0.15) is 22.3 Å². The summed E-state index contributed by atoms with van der Waals surface area (Å²) in [7, 11) is -4.86. The Morgan fingerprint density at radius 3 is 1.26 bits per heavy atom. The number of aromatic nitrogens is 4. The highest BCUT2D eigenvalue weighted by molar-refractivity contribution is 7.99. The lowest BCUT2D eigenvalue weighted by Gasteiger charge is -2.05. The summed E-state index contributed by atoms with van der Waals surface area (Å²) in [5.74, 6) is 1.49. The zero-order chi connectivity index (χ0) is 61.9. The summed E-state index contributed by atoms with van der Waals surface area (Å²) in [5.41, 5.74) is 3.94. The van der Waals surface area contributed by atoms with E-state index in [9.17, 15) is 16.8 Å². The molecule has 0 bridgehead atoms. The maximum absolute atomic E-state index is 12.1. The zero-order valence-corrected chi connectivity index (χ0v) is 54.0. The number of isothiocyanates is 4. The van der Waals surface area contributed by atoms with Gasteiger partial charge in [0.05, 0.1) is 91.5 Å². The number of hydrogen-bond donors (Lipinski definition) is 1. The molecule has 0 spiro atoms. The first-order chi connectivity index (χ1) is 42.7. The van der Waals surface area contributed by atoms with Gasteiger partial charge in [-0.25, -0.2) is 36.8 Å². The summed E-state index contributed by atoms with van der Waals surface area (Å²) in [6, 6.07) is 59.4. The van der Waals surface area contributed by atoms with E-state index in [0.717, 1.165) is 59.0 Å². The third kappa shape index (κ3) is 27.8. The SMILES string of the molecule is O=S(/C=C/CCN=C=S)c1ccc(-c2ccccc2)cc1.O=S(/C=C/CCN=C=S)c1ccc(Oc2ccccc2)cc1.O=S(/C=C/CCN=C=S)c1ccc(Sc2ccc(CO)cc2)cc1.O=S(/C=C/CCN=C=S)c1nnnn1-c1ccccc1. The van der Waals surface area contributed by atoms with Gasteiger partial charge < -0.3 is 9.84 Å². The van der Waals surface area contributed by atoms with Crippen LogP contribution in [-0.4, -0.2) is 89.0 Å². The zero-order valence-electron chi connectivity index (χ0n) is 46.6. The highest BCUT2D eigenvalue weighted by atomic mass is 32.2. The van der Waals surface area contributed by atoms with E-state index in [4.69, 9.17) is 9.84 Å². The summed E-state index contributed by atoms with van der Waals surface area (Å²) in [4.78, 5) is 19.6.